The number of carbonyl (C=O) groups excluding carboxylic acids is 1. The summed E-state index contributed by atoms with van der Waals surface area (Å²) in [6.45, 7) is 1.86. The average Bonchev–Trinajstić information content (AvgIpc) is 3.07. The molecule has 2 fully saturated rings. The Morgan fingerprint density at radius 2 is 2.04 bits per heavy atom. The topological polar surface area (TPSA) is 70.2 Å². The number of carbonyl (C=O) groups is 1. The number of amides is 2. The molecule has 2 amide bonds. The molecule has 122 valence electrons. The van der Waals surface area contributed by atoms with E-state index in [9.17, 15) is 4.79 Å². The molecular weight excluding hydrogens is 330 g/mol. The summed E-state index contributed by atoms with van der Waals surface area (Å²) in [6.07, 6.45) is 6.18. The Balaban J connectivity index is 1.24. The number of hydrogen-bond acceptors (Lipinski definition) is 6. The summed E-state index contributed by atoms with van der Waals surface area (Å²) in [5.74, 6) is 0.625. The Labute approximate surface area is 143 Å². The molecule has 0 spiro atoms. The van der Waals surface area contributed by atoms with E-state index in [0.717, 1.165) is 36.8 Å². The van der Waals surface area contributed by atoms with Crippen molar-refractivity contribution in [2.75, 3.05) is 23.3 Å². The van der Waals surface area contributed by atoms with Crippen LogP contribution in [0.5, 0.6) is 0 Å². The molecule has 8 heteroatoms. The van der Waals surface area contributed by atoms with Crippen LogP contribution in [0.15, 0.2) is 17.0 Å². The van der Waals surface area contributed by atoms with Gasteiger partial charge in [0.2, 0.25) is 0 Å². The highest BCUT2D eigenvalue weighted by Gasteiger charge is 2.26. The van der Waals surface area contributed by atoms with Crippen LogP contribution in [0.3, 0.4) is 0 Å². The summed E-state index contributed by atoms with van der Waals surface area (Å²) in [6, 6.07) is 0.0727. The number of nitrogens with one attached hydrogen (secondary N) is 2. The van der Waals surface area contributed by atoms with Crippen LogP contribution in [0, 0.1) is 0 Å². The van der Waals surface area contributed by atoms with Gasteiger partial charge in [-0.05, 0) is 25.7 Å². The number of rotatable bonds is 4. The van der Waals surface area contributed by atoms with Crippen LogP contribution < -0.4 is 15.5 Å². The van der Waals surface area contributed by atoms with Crippen molar-refractivity contribution >= 4 is 39.0 Å². The van der Waals surface area contributed by atoms with E-state index < -0.39 is 0 Å². The lowest BCUT2D eigenvalue weighted by Gasteiger charge is -2.32. The molecule has 1 saturated heterocycles. The highest BCUT2D eigenvalue weighted by Crippen LogP contribution is 2.40. The first-order valence-corrected chi connectivity index (χ1v) is 9.71. The molecule has 3 heterocycles. The molecule has 0 aromatic carbocycles. The van der Waals surface area contributed by atoms with Gasteiger partial charge in [-0.25, -0.2) is 14.8 Å². The molecule has 23 heavy (non-hydrogen) atoms. The molecule has 6 nitrogen and oxygen atoms in total. The van der Waals surface area contributed by atoms with Crippen LogP contribution in [0.1, 0.15) is 37.3 Å². The van der Waals surface area contributed by atoms with Crippen LogP contribution in [-0.2, 0) is 0 Å². The minimum absolute atomic E-state index is 0.144. The van der Waals surface area contributed by atoms with Gasteiger partial charge in [0.1, 0.15) is 0 Å². The highest BCUT2D eigenvalue weighted by atomic mass is 32.1. The fraction of sp³-hybridized carbons (Fsp3) is 0.533. The normalized spacial score (nSPS) is 18.9. The number of hydrogen-bond donors (Lipinski definition) is 2. The number of aromatic nitrogens is 2. The van der Waals surface area contributed by atoms with Crippen molar-refractivity contribution in [3.05, 3.63) is 22.7 Å². The lowest BCUT2D eigenvalue weighted by atomic mass is 10.1. The van der Waals surface area contributed by atoms with Crippen molar-refractivity contribution in [3.63, 3.8) is 0 Å². The van der Waals surface area contributed by atoms with Gasteiger partial charge in [0, 0.05) is 42.0 Å². The fourth-order valence-corrected chi connectivity index (χ4v) is 4.30. The Morgan fingerprint density at radius 3 is 2.74 bits per heavy atom. The number of piperidine rings is 1. The third-order valence-electron chi connectivity index (χ3n) is 4.26. The second-order valence-electron chi connectivity index (χ2n) is 6.03. The smallest absolute Gasteiger partial charge is 0.321 e. The Morgan fingerprint density at radius 1 is 1.22 bits per heavy atom. The molecular formula is C15H19N5OS2. The first kappa shape index (κ1) is 14.9. The van der Waals surface area contributed by atoms with Crippen molar-refractivity contribution in [3.8, 4) is 0 Å². The Bertz CT molecular complexity index is 659. The number of anilines is 2. The molecule has 1 aliphatic heterocycles. The summed E-state index contributed by atoms with van der Waals surface area (Å²) in [5.41, 5.74) is 1.13. The molecule has 2 N–H and O–H groups in total. The summed E-state index contributed by atoms with van der Waals surface area (Å²) >= 11 is 3.17. The van der Waals surface area contributed by atoms with E-state index in [2.05, 4.69) is 30.9 Å². The number of urea groups is 1. The van der Waals surface area contributed by atoms with E-state index in [1.165, 1.54) is 24.2 Å². The molecule has 0 bridgehead atoms. The van der Waals surface area contributed by atoms with E-state index in [1.54, 1.807) is 11.3 Å². The van der Waals surface area contributed by atoms with Gasteiger partial charge in [0.05, 0.1) is 5.69 Å². The lowest BCUT2D eigenvalue weighted by Crippen LogP contribution is -2.46. The van der Waals surface area contributed by atoms with Gasteiger partial charge in [-0.3, -0.25) is 5.32 Å². The maximum atomic E-state index is 12.1. The minimum Gasteiger partial charge on any atom is -0.348 e. The number of thiazole rings is 2. The van der Waals surface area contributed by atoms with Crippen molar-refractivity contribution in [2.24, 2.45) is 0 Å². The van der Waals surface area contributed by atoms with Crippen molar-refractivity contribution in [2.45, 2.75) is 37.6 Å². The van der Waals surface area contributed by atoms with Crippen molar-refractivity contribution in [1.29, 1.82) is 0 Å². The van der Waals surface area contributed by atoms with Gasteiger partial charge in [-0.1, -0.05) is 0 Å². The molecule has 0 unspecified atom stereocenters. The first-order valence-electron chi connectivity index (χ1n) is 7.95. The number of nitrogens with zero attached hydrogens (tertiary/aromatic N) is 3. The summed E-state index contributed by atoms with van der Waals surface area (Å²) in [4.78, 5) is 23.2. The zero-order valence-electron chi connectivity index (χ0n) is 12.7. The zero-order valence-corrected chi connectivity index (χ0v) is 14.3. The largest absolute Gasteiger partial charge is 0.348 e. The summed E-state index contributed by atoms with van der Waals surface area (Å²) in [7, 11) is 0. The second-order valence-corrected chi connectivity index (χ2v) is 7.76. The average molecular weight is 349 g/mol. The van der Waals surface area contributed by atoms with Crippen molar-refractivity contribution in [1.82, 2.24) is 15.3 Å². The SMILES string of the molecule is O=C(Nc1nc(C2CC2)cs1)NC1CCN(c2nccs2)CC1. The van der Waals surface area contributed by atoms with Crippen LogP contribution >= 0.6 is 22.7 Å². The van der Waals surface area contributed by atoms with Crippen LogP contribution in [-0.4, -0.2) is 35.1 Å². The van der Waals surface area contributed by atoms with E-state index in [0.29, 0.717) is 11.0 Å². The van der Waals surface area contributed by atoms with Crippen LogP contribution in [0.25, 0.3) is 0 Å². The van der Waals surface area contributed by atoms with Crippen molar-refractivity contribution < 1.29 is 4.79 Å². The van der Waals surface area contributed by atoms with E-state index in [1.807, 2.05) is 11.6 Å². The van der Waals surface area contributed by atoms with Gasteiger partial charge in [0.25, 0.3) is 0 Å². The van der Waals surface area contributed by atoms with Gasteiger partial charge < -0.3 is 10.2 Å². The molecule has 2 aliphatic rings. The fourth-order valence-electron chi connectivity index (χ4n) is 2.82. The molecule has 1 saturated carbocycles. The molecule has 0 atom stereocenters. The van der Waals surface area contributed by atoms with Gasteiger partial charge in [-0.15, -0.1) is 22.7 Å². The molecule has 0 radical (unpaired) electrons. The maximum absolute atomic E-state index is 12.1. The van der Waals surface area contributed by atoms with Gasteiger partial charge in [-0.2, -0.15) is 0 Å². The first-order chi connectivity index (χ1) is 11.3. The summed E-state index contributed by atoms with van der Waals surface area (Å²) in [5, 5.41) is 11.7. The Hall–Kier alpha value is -1.67. The predicted octanol–water partition coefficient (Wildman–Crippen LogP) is 3.27. The standard InChI is InChI=1S/C15H19N5OS2/c21-13(19-14-18-12(9-23-14)10-1-2-10)17-11-3-6-20(7-4-11)15-16-5-8-22-15/h5,8-11H,1-4,6-7H2,(H2,17,18,19,21). The molecule has 4 rings (SSSR count). The quantitative estimate of drug-likeness (QED) is 0.889. The lowest BCUT2D eigenvalue weighted by molar-refractivity contribution is 0.246. The van der Waals surface area contributed by atoms with Gasteiger partial charge in [0.15, 0.2) is 10.3 Å². The molecule has 2 aromatic heterocycles. The third-order valence-corrected chi connectivity index (χ3v) is 5.87. The zero-order chi connectivity index (χ0) is 15.6. The minimum atomic E-state index is -0.144. The third kappa shape index (κ3) is 3.64. The summed E-state index contributed by atoms with van der Waals surface area (Å²) < 4.78 is 0. The Kier molecular flexibility index (Phi) is 4.17. The monoisotopic (exact) mass is 349 g/mol. The second kappa shape index (κ2) is 6.45. The van der Waals surface area contributed by atoms with Gasteiger partial charge >= 0.3 is 6.03 Å². The molecule has 2 aromatic rings. The van der Waals surface area contributed by atoms with E-state index in [-0.39, 0.29) is 12.1 Å². The predicted molar refractivity (Wildman–Crippen MR) is 93.6 cm³/mol. The van der Waals surface area contributed by atoms with Crippen LogP contribution in [0.4, 0.5) is 15.1 Å². The molecule has 1 aliphatic carbocycles. The van der Waals surface area contributed by atoms with Crippen LogP contribution in [0.2, 0.25) is 0 Å². The van der Waals surface area contributed by atoms with E-state index in [4.69, 9.17) is 0 Å². The maximum Gasteiger partial charge on any atom is 0.321 e. The highest BCUT2D eigenvalue weighted by molar-refractivity contribution is 7.14. The van der Waals surface area contributed by atoms with E-state index >= 15 is 0 Å².